The molecule has 0 bridgehead atoms. The van der Waals surface area contributed by atoms with Crippen LogP contribution in [0.3, 0.4) is 0 Å². The van der Waals surface area contributed by atoms with Gasteiger partial charge in [-0.15, -0.1) is 0 Å². The van der Waals surface area contributed by atoms with Gasteiger partial charge in [0.2, 0.25) is 0 Å². The van der Waals surface area contributed by atoms with Crippen molar-refractivity contribution in [3.63, 3.8) is 0 Å². The van der Waals surface area contributed by atoms with E-state index in [9.17, 15) is 9.59 Å². The second-order valence-corrected chi connectivity index (χ2v) is 12.0. The lowest BCUT2D eigenvalue weighted by Gasteiger charge is -2.21. The van der Waals surface area contributed by atoms with Crippen molar-refractivity contribution >= 4 is 33.5 Å². The van der Waals surface area contributed by atoms with Crippen molar-refractivity contribution in [1.29, 1.82) is 0 Å². The largest absolute Gasteiger partial charge is 0.492 e. The Labute approximate surface area is 250 Å². The molecular formula is C36H46O6. The first-order valence-corrected chi connectivity index (χ1v) is 16.2. The van der Waals surface area contributed by atoms with Crippen LogP contribution in [0.4, 0.5) is 0 Å². The van der Waals surface area contributed by atoms with Crippen molar-refractivity contribution in [3.8, 4) is 11.5 Å². The maximum atomic E-state index is 12.4. The summed E-state index contributed by atoms with van der Waals surface area (Å²) in [4.78, 5) is 24.8. The molecule has 6 heteroatoms. The molecule has 3 aromatic rings. The summed E-state index contributed by atoms with van der Waals surface area (Å²) in [5.41, 5.74) is 0. The number of esters is 2. The summed E-state index contributed by atoms with van der Waals surface area (Å²) in [6.45, 7) is 1.47. The van der Waals surface area contributed by atoms with Gasteiger partial charge in [0.1, 0.15) is 11.5 Å². The summed E-state index contributed by atoms with van der Waals surface area (Å²) in [7, 11) is 0. The summed E-state index contributed by atoms with van der Waals surface area (Å²) < 4.78 is 23.6. The number of benzene rings is 3. The molecule has 2 saturated carbocycles. The van der Waals surface area contributed by atoms with E-state index in [-0.39, 0.29) is 38.0 Å². The number of carbonyl (C=O) groups excluding carboxylic acids is 2. The van der Waals surface area contributed by atoms with Gasteiger partial charge in [0.25, 0.3) is 0 Å². The van der Waals surface area contributed by atoms with Crippen LogP contribution in [0.2, 0.25) is 0 Å². The van der Waals surface area contributed by atoms with Crippen LogP contribution in [0.1, 0.15) is 89.9 Å². The smallest absolute Gasteiger partial charge is 0.309 e. The molecule has 0 spiro atoms. The third kappa shape index (κ3) is 8.39. The van der Waals surface area contributed by atoms with E-state index in [0.29, 0.717) is 25.0 Å². The number of hydrogen-bond acceptors (Lipinski definition) is 6. The Morgan fingerprint density at radius 1 is 0.524 bits per heavy atom. The summed E-state index contributed by atoms with van der Waals surface area (Å²) in [6, 6.07) is 15.9. The van der Waals surface area contributed by atoms with E-state index in [4.69, 9.17) is 18.9 Å². The van der Waals surface area contributed by atoms with Crippen LogP contribution in [0, 0.1) is 11.8 Å². The highest BCUT2D eigenvalue weighted by Crippen LogP contribution is 2.42. The zero-order valence-electron chi connectivity index (χ0n) is 25.0. The van der Waals surface area contributed by atoms with Crippen LogP contribution >= 0.6 is 0 Å². The van der Waals surface area contributed by atoms with Crippen molar-refractivity contribution in [1.82, 2.24) is 0 Å². The van der Waals surface area contributed by atoms with Crippen LogP contribution in [-0.4, -0.2) is 38.4 Å². The lowest BCUT2D eigenvalue weighted by molar-refractivity contribution is -0.145. The Kier molecular flexibility index (Phi) is 11.4. The van der Waals surface area contributed by atoms with Crippen LogP contribution < -0.4 is 9.47 Å². The van der Waals surface area contributed by atoms with Crippen molar-refractivity contribution in [3.05, 3.63) is 48.5 Å². The highest BCUT2D eigenvalue weighted by Gasteiger charge is 2.18. The molecule has 0 aliphatic heterocycles. The Bertz CT molecular complexity index is 1150. The minimum absolute atomic E-state index is 0.203. The molecule has 2 fully saturated rings. The molecular weight excluding hydrogens is 528 g/mol. The summed E-state index contributed by atoms with van der Waals surface area (Å²) in [5.74, 6) is 2.41. The number of rotatable bonds is 14. The molecule has 0 N–H and O–H groups in total. The second-order valence-electron chi connectivity index (χ2n) is 12.0. The molecule has 42 heavy (non-hydrogen) atoms. The topological polar surface area (TPSA) is 71.1 Å². The molecule has 0 saturated heterocycles. The first kappa shape index (κ1) is 30.2. The number of ether oxygens (including phenoxy) is 4. The molecule has 0 radical (unpaired) electrons. The van der Waals surface area contributed by atoms with Gasteiger partial charge in [0, 0.05) is 21.5 Å². The van der Waals surface area contributed by atoms with Gasteiger partial charge in [-0.05, 0) is 24.7 Å². The first-order valence-electron chi connectivity index (χ1n) is 16.2. The standard InChI is InChI=1S/C36H46O6/c37-33(39-23-19-27-11-3-1-4-12-27)21-25-41-35-29-15-7-9-17-31(29)36(32-18-10-8-16-30(32)35)42-26-22-34(38)40-24-20-28-13-5-2-6-14-28/h7-10,15-18,27-28H,1-6,11-14,19-26H2. The van der Waals surface area contributed by atoms with E-state index >= 15 is 0 Å². The van der Waals surface area contributed by atoms with E-state index in [1.165, 1.54) is 64.2 Å². The number of carbonyl (C=O) groups is 2. The minimum atomic E-state index is -0.218. The third-order valence-electron chi connectivity index (χ3n) is 8.97. The molecule has 0 heterocycles. The van der Waals surface area contributed by atoms with Crippen molar-refractivity contribution < 1.29 is 28.5 Å². The molecule has 0 aromatic heterocycles. The average molecular weight is 575 g/mol. The summed E-state index contributed by atoms with van der Waals surface area (Å²) in [5, 5.41) is 3.64. The Balaban J connectivity index is 1.17. The number of fused-ring (bicyclic) bond motifs is 2. The zero-order valence-corrected chi connectivity index (χ0v) is 25.0. The van der Waals surface area contributed by atoms with Crippen molar-refractivity contribution in [2.45, 2.75) is 89.9 Å². The Morgan fingerprint density at radius 2 is 0.881 bits per heavy atom. The number of hydrogen-bond donors (Lipinski definition) is 0. The van der Waals surface area contributed by atoms with Gasteiger partial charge < -0.3 is 18.9 Å². The SMILES string of the molecule is O=C(CCOc1c2ccccc2c(OCCC(=O)OCCC2CCCCC2)c2ccccc12)OCCC1CCCCC1. The fourth-order valence-corrected chi connectivity index (χ4v) is 6.61. The van der Waals surface area contributed by atoms with Gasteiger partial charge in [-0.3, -0.25) is 9.59 Å². The van der Waals surface area contributed by atoms with Gasteiger partial charge in [-0.2, -0.15) is 0 Å². The van der Waals surface area contributed by atoms with Crippen molar-refractivity contribution in [2.75, 3.05) is 26.4 Å². The van der Waals surface area contributed by atoms with Gasteiger partial charge in [0.05, 0.1) is 39.3 Å². The van der Waals surface area contributed by atoms with Gasteiger partial charge in [-0.1, -0.05) is 113 Å². The molecule has 0 atom stereocenters. The maximum Gasteiger partial charge on any atom is 0.309 e. The average Bonchev–Trinajstić information content (AvgIpc) is 3.03. The molecule has 3 aromatic carbocycles. The van der Waals surface area contributed by atoms with E-state index < -0.39 is 0 Å². The maximum absolute atomic E-state index is 12.4. The van der Waals surface area contributed by atoms with Crippen LogP contribution in [0.15, 0.2) is 48.5 Å². The lowest BCUT2D eigenvalue weighted by atomic mass is 9.87. The van der Waals surface area contributed by atoms with Gasteiger partial charge >= 0.3 is 11.9 Å². The summed E-state index contributed by atoms with van der Waals surface area (Å²) >= 11 is 0. The third-order valence-corrected chi connectivity index (χ3v) is 8.97. The molecule has 2 aliphatic carbocycles. The Hall–Kier alpha value is -3.28. The van der Waals surface area contributed by atoms with Crippen LogP contribution in [-0.2, 0) is 19.1 Å². The van der Waals surface area contributed by atoms with Gasteiger partial charge in [0.15, 0.2) is 0 Å². The quantitative estimate of drug-likeness (QED) is 0.142. The molecule has 226 valence electrons. The molecule has 0 amide bonds. The fraction of sp³-hybridized carbons (Fsp3) is 0.556. The molecule has 2 aliphatic rings. The fourth-order valence-electron chi connectivity index (χ4n) is 6.61. The molecule has 0 unspecified atom stereocenters. The van der Waals surface area contributed by atoms with Crippen molar-refractivity contribution in [2.24, 2.45) is 11.8 Å². The highest BCUT2D eigenvalue weighted by atomic mass is 16.5. The zero-order chi connectivity index (χ0) is 29.0. The lowest BCUT2D eigenvalue weighted by Crippen LogP contribution is -2.15. The normalized spacial score (nSPS) is 16.4. The van der Waals surface area contributed by atoms with Crippen LogP contribution in [0.25, 0.3) is 21.5 Å². The van der Waals surface area contributed by atoms with E-state index in [2.05, 4.69) is 0 Å². The molecule has 5 rings (SSSR count). The minimum Gasteiger partial charge on any atom is -0.492 e. The second kappa shape index (κ2) is 15.8. The van der Waals surface area contributed by atoms with E-state index in [1.807, 2.05) is 48.5 Å². The van der Waals surface area contributed by atoms with E-state index in [0.717, 1.165) is 45.9 Å². The highest BCUT2D eigenvalue weighted by molar-refractivity contribution is 6.11. The predicted octanol–water partition coefficient (Wildman–Crippen LogP) is 8.56. The molecule has 6 nitrogen and oxygen atoms in total. The van der Waals surface area contributed by atoms with Crippen LogP contribution in [0.5, 0.6) is 11.5 Å². The first-order chi connectivity index (χ1) is 20.7. The van der Waals surface area contributed by atoms with Gasteiger partial charge in [-0.25, -0.2) is 0 Å². The monoisotopic (exact) mass is 574 g/mol. The predicted molar refractivity (Wildman–Crippen MR) is 166 cm³/mol. The summed E-state index contributed by atoms with van der Waals surface area (Å²) in [6.07, 6.45) is 15.2. The Morgan fingerprint density at radius 3 is 1.24 bits per heavy atom. The van der Waals surface area contributed by atoms with E-state index in [1.54, 1.807) is 0 Å².